The van der Waals surface area contributed by atoms with E-state index in [0.29, 0.717) is 18.6 Å². The minimum atomic E-state index is -0.871. The number of benzene rings is 1. The lowest BCUT2D eigenvalue weighted by Crippen LogP contribution is -2.40. The van der Waals surface area contributed by atoms with Gasteiger partial charge >= 0.3 is 0 Å². The molecular formula is C12H15NO3. The molecule has 0 saturated carbocycles. The molecule has 0 saturated heterocycles. The quantitative estimate of drug-likeness (QED) is 0.720. The van der Waals surface area contributed by atoms with E-state index in [1.54, 1.807) is 0 Å². The second-order valence-electron chi connectivity index (χ2n) is 4.02. The molecule has 4 nitrogen and oxygen atoms in total. The van der Waals surface area contributed by atoms with Crippen LogP contribution in [0.4, 0.5) is 0 Å². The summed E-state index contributed by atoms with van der Waals surface area (Å²) in [5.41, 5.74) is 2.00. The largest absolute Gasteiger partial charge is 0.374 e. The van der Waals surface area contributed by atoms with E-state index in [0.717, 1.165) is 16.2 Å². The van der Waals surface area contributed by atoms with Crippen LogP contribution in [0.1, 0.15) is 24.5 Å². The Kier molecular flexibility index (Phi) is 2.83. The van der Waals surface area contributed by atoms with Gasteiger partial charge in [-0.1, -0.05) is 18.2 Å². The zero-order valence-corrected chi connectivity index (χ0v) is 9.43. The number of aliphatic hydroxyl groups is 1. The molecule has 0 aliphatic carbocycles. The number of fused-ring (bicyclic) bond motifs is 1. The van der Waals surface area contributed by atoms with Crippen LogP contribution in [0.2, 0.25) is 0 Å². The number of aryl methyl sites for hydroxylation is 2. The number of nitrogens with zero attached hydrogens (tertiary/aromatic N) is 1. The lowest BCUT2D eigenvalue weighted by Gasteiger charge is -2.24. The summed E-state index contributed by atoms with van der Waals surface area (Å²) in [5.74, 6) is 0.401. The first-order valence-corrected chi connectivity index (χ1v) is 5.34. The van der Waals surface area contributed by atoms with Crippen molar-refractivity contribution in [3.63, 3.8) is 0 Å². The van der Waals surface area contributed by atoms with Gasteiger partial charge in [-0.05, 0) is 30.9 Å². The van der Waals surface area contributed by atoms with E-state index >= 15 is 0 Å². The summed E-state index contributed by atoms with van der Waals surface area (Å²) >= 11 is 0. The monoisotopic (exact) mass is 221 g/mol. The van der Waals surface area contributed by atoms with Crippen LogP contribution < -0.4 is 4.84 Å². The van der Waals surface area contributed by atoms with E-state index in [1.807, 2.05) is 25.1 Å². The average Bonchev–Trinajstić information content (AvgIpc) is 2.39. The first-order chi connectivity index (χ1) is 7.59. The van der Waals surface area contributed by atoms with Crippen LogP contribution in [0.3, 0.4) is 0 Å². The van der Waals surface area contributed by atoms with E-state index in [4.69, 9.17) is 4.84 Å². The van der Waals surface area contributed by atoms with Gasteiger partial charge in [-0.25, -0.2) is 0 Å². The van der Waals surface area contributed by atoms with E-state index < -0.39 is 6.23 Å². The maximum atomic E-state index is 11.3. The van der Waals surface area contributed by atoms with Crippen molar-refractivity contribution in [2.45, 2.75) is 32.9 Å². The first-order valence-electron chi connectivity index (χ1n) is 5.34. The van der Waals surface area contributed by atoms with E-state index in [2.05, 4.69) is 0 Å². The Morgan fingerprint density at radius 3 is 3.00 bits per heavy atom. The standard InChI is InChI=1S/C12H15NO3/c1-8-4-3-5-10-6-7-11(15)13(9(2)14)16-12(8)10/h3-5,11,15H,6-7H2,1-2H3. The fraction of sp³-hybridized carbons (Fsp3) is 0.417. The van der Waals surface area contributed by atoms with Gasteiger partial charge in [-0.3, -0.25) is 4.79 Å². The van der Waals surface area contributed by atoms with Crippen LogP contribution in [-0.4, -0.2) is 22.3 Å². The number of aliphatic hydroxyl groups excluding tert-OH is 1. The number of hydrogen-bond acceptors (Lipinski definition) is 3. The number of amides is 1. The third-order valence-corrected chi connectivity index (χ3v) is 2.74. The van der Waals surface area contributed by atoms with Crippen LogP contribution >= 0.6 is 0 Å². The summed E-state index contributed by atoms with van der Waals surface area (Å²) in [6.07, 6.45) is 0.335. The van der Waals surface area contributed by atoms with Gasteiger partial charge in [0.05, 0.1) is 0 Å². The molecule has 1 aromatic carbocycles. The molecule has 1 aliphatic heterocycles. The molecule has 1 heterocycles. The van der Waals surface area contributed by atoms with Crippen molar-refractivity contribution >= 4 is 5.91 Å². The van der Waals surface area contributed by atoms with Gasteiger partial charge in [-0.2, -0.15) is 0 Å². The van der Waals surface area contributed by atoms with Crippen molar-refractivity contribution in [2.24, 2.45) is 0 Å². The van der Waals surface area contributed by atoms with Crippen molar-refractivity contribution in [1.82, 2.24) is 5.06 Å². The Hall–Kier alpha value is -1.55. The predicted molar refractivity (Wildman–Crippen MR) is 58.7 cm³/mol. The van der Waals surface area contributed by atoms with Crippen LogP contribution in [-0.2, 0) is 11.2 Å². The Morgan fingerprint density at radius 1 is 1.56 bits per heavy atom. The summed E-state index contributed by atoms with van der Waals surface area (Å²) < 4.78 is 0. The molecule has 4 heteroatoms. The van der Waals surface area contributed by atoms with Gasteiger partial charge < -0.3 is 9.94 Å². The van der Waals surface area contributed by atoms with E-state index in [9.17, 15) is 9.90 Å². The van der Waals surface area contributed by atoms with Crippen molar-refractivity contribution in [3.05, 3.63) is 29.3 Å². The zero-order chi connectivity index (χ0) is 11.7. The van der Waals surface area contributed by atoms with Crippen LogP contribution in [0.25, 0.3) is 0 Å². The summed E-state index contributed by atoms with van der Waals surface area (Å²) in [4.78, 5) is 16.8. The minimum Gasteiger partial charge on any atom is -0.374 e. The van der Waals surface area contributed by atoms with E-state index in [-0.39, 0.29) is 5.91 Å². The molecule has 0 fully saturated rings. The summed E-state index contributed by atoms with van der Waals surface area (Å²) in [6, 6.07) is 5.83. The predicted octanol–water partition coefficient (Wildman–Crippen LogP) is 1.40. The molecule has 0 radical (unpaired) electrons. The van der Waals surface area contributed by atoms with Crippen molar-refractivity contribution in [1.29, 1.82) is 0 Å². The molecule has 0 spiro atoms. The topological polar surface area (TPSA) is 49.8 Å². The summed E-state index contributed by atoms with van der Waals surface area (Å²) in [7, 11) is 0. The SMILES string of the molecule is CC(=O)N1Oc2c(C)cccc2CCC1O. The number of carbonyl (C=O) groups is 1. The lowest BCUT2D eigenvalue weighted by molar-refractivity contribution is -0.188. The van der Waals surface area contributed by atoms with Gasteiger partial charge in [0.2, 0.25) is 0 Å². The van der Waals surface area contributed by atoms with Gasteiger partial charge in [0.1, 0.15) is 0 Å². The highest BCUT2D eigenvalue weighted by Crippen LogP contribution is 2.29. The second kappa shape index (κ2) is 4.14. The highest BCUT2D eigenvalue weighted by molar-refractivity contribution is 5.72. The van der Waals surface area contributed by atoms with Crippen LogP contribution in [0.15, 0.2) is 18.2 Å². The molecular weight excluding hydrogens is 206 g/mol. The van der Waals surface area contributed by atoms with Crippen LogP contribution in [0, 0.1) is 6.92 Å². The Morgan fingerprint density at radius 2 is 2.31 bits per heavy atom. The molecule has 16 heavy (non-hydrogen) atoms. The number of rotatable bonds is 0. The Balaban J connectivity index is 2.39. The molecule has 1 amide bonds. The normalized spacial score (nSPS) is 19.7. The number of hydroxylamine groups is 2. The molecule has 0 bridgehead atoms. The maximum Gasteiger partial charge on any atom is 0.254 e. The molecule has 1 N–H and O–H groups in total. The zero-order valence-electron chi connectivity index (χ0n) is 9.43. The fourth-order valence-corrected chi connectivity index (χ4v) is 1.88. The lowest BCUT2D eigenvalue weighted by atomic mass is 10.1. The van der Waals surface area contributed by atoms with E-state index in [1.165, 1.54) is 6.92 Å². The maximum absolute atomic E-state index is 11.3. The summed E-state index contributed by atoms with van der Waals surface area (Å²) in [6.45, 7) is 3.31. The molecule has 1 aliphatic rings. The molecule has 1 unspecified atom stereocenters. The van der Waals surface area contributed by atoms with Crippen LogP contribution in [0.5, 0.6) is 5.75 Å². The van der Waals surface area contributed by atoms with Gasteiger partial charge in [0, 0.05) is 6.92 Å². The number of para-hydroxylation sites is 1. The summed E-state index contributed by atoms with van der Waals surface area (Å²) in [5, 5.41) is 10.8. The highest BCUT2D eigenvalue weighted by atomic mass is 16.7. The fourth-order valence-electron chi connectivity index (χ4n) is 1.88. The van der Waals surface area contributed by atoms with Gasteiger partial charge in [0.15, 0.2) is 12.0 Å². The minimum absolute atomic E-state index is 0.288. The Labute approximate surface area is 94.4 Å². The first kappa shape index (κ1) is 11.0. The smallest absolute Gasteiger partial charge is 0.254 e. The molecule has 0 aromatic heterocycles. The number of carbonyl (C=O) groups excluding carboxylic acids is 1. The van der Waals surface area contributed by atoms with Crippen molar-refractivity contribution in [3.8, 4) is 5.75 Å². The third kappa shape index (κ3) is 1.88. The Bertz CT molecular complexity index is 417. The van der Waals surface area contributed by atoms with Gasteiger partial charge in [-0.15, -0.1) is 5.06 Å². The molecule has 2 rings (SSSR count). The van der Waals surface area contributed by atoms with Gasteiger partial charge in [0.25, 0.3) is 5.91 Å². The molecule has 1 atom stereocenters. The number of hydrogen-bond donors (Lipinski definition) is 1. The third-order valence-electron chi connectivity index (χ3n) is 2.74. The highest BCUT2D eigenvalue weighted by Gasteiger charge is 2.26. The molecule has 86 valence electrons. The second-order valence-corrected chi connectivity index (χ2v) is 4.02. The molecule has 1 aromatic rings. The van der Waals surface area contributed by atoms with Crippen molar-refractivity contribution in [2.75, 3.05) is 0 Å². The van der Waals surface area contributed by atoms with Crippen molar-refractivity contribution < 1.29 is 14.7 Å². The average molecular weight is 221 g/mol.